The zero-order chi connectivity index (χ0) is 15.1. The molecule has 0 amide bonds. The standard InChI is InChI=1S/C19H27NO2/c1-22-19-5-3-2-4-16(19)15-8-9-20(12-18(15)21)17-11-13-6-7-14(17)10-13/h2-5,13-15,17-18,21H,6-12H2,1H3/t13-,14-,15+,17-,18-/m0/s1. The molecule has 1 aromatic carbocycles. The van der Waals surface area contributed by atoms with Crippen LogP contribution < -0.4 is 4.74 Å². The van der Waals surface area contributed by atoms with Gasteiger partial charge in [-0.05, 0) is 55.7 Å². The molecule has 2 aliphatic carbocycles. The fraction of sp³-hybridized carbons (Fsp3) is 0.684. The highest BCUT2D eigenvalue weighted by atomic mass is 16.5. The molecule has 3 fully saturated rings. The van der Waals surface area contributed by atoms with Gasteiger partial charge in [0.2, 0.25) is 0 Å². The van der Waals surface area contributed by atoms with E-state index in [2.05, 4.69) is 11.0 Å². The van der Waals surface area contributed by atoms with Crippen LogP contribution in [0.4, 0.5) is 0 Å². The van der Waals surface area contributed by atoms with E-state index in [-0.39, 0.29) is 12.0 Å². The van der Waals surface area contributed by atoms with Crippen molar-refractivity contribution in [2.45, 2.75) is 50.2 Å². The van der Waals surface area contributed by atoms with Crippen LogP contribution in [-0.2, 0) is 0 Å². The third-order valence-electron chi connectivity index (χ3n) is 6.32. The zero-order valence-electron chi connectivity index (χ0n) is 13.4. The van der Waals surface area contributed by atoms with Crippen LogP contribution in [0.3, 0.4) is 0 Å². The van der Waals surface area contributed by atoms with Crippen molar-refractivity contribution in [2.75, 3.05) is 20.2 Å². The normalized spacial score (nSPS) is 38.4. The van der Waals surface area contributed by atoms with Crippen molar-refractivity contribution in [2.24, 2.45) is 11.8 Å². The average Bonchev–Trinajstić information content (AvgIpc) is 3.18. The van der Waals surface area contributed by atoms with Crippen LogP contribution in [0.5, 0.6) is 5.75 Å². The number of aliphatic hydroxyl groups excluding tert-OH is 1. The highest BCUT2D eigenvalue weighted by Crippen LogP contribution is 2.47. The average molecular weight is 301 g/mol. The fourth-order valence-corrected chi connectivity index (χ4v) is 5.25. The van der Waals surface area contributed by atoms with Crippen molar-refractivity contribution in [3.05, 3.63) is 29.8 Å². The lowest BCUT2D eigenvalue weighted by Gasteiger charge is -2.42. The molecular weight excluding hydrogens is 274 g/mol. The van der Waals surface area contributed by atoms with Gasteiger partial charge in [0.05, 0.1) is 13.2 Å². The summed E-state index contributed by atoms with van der Waals surface area (Å²) in [6.45, 7) is 1.95. The SMILES string of the molecule is COc1ccccc1[C@H]1CCN([C@H]2C[C@H]3CC[C@H]2C3)C[C@@H]1O. The minimum Gasteiger partial charge on any atom is -0.496 e. The van der Waals surface area contributed by atoms with Crippen LogP contribution in [0.15, 0.2) is 24.3 Å². The molecule has 1 aliphatic heterocycles. The summed E-state index contributed by atoms with van der Waals surface area (Å²) in [7, 11) is 1.72. The lowest BCUT2D eigenvalue weighted by Crippen LogP contribution is -2.49. The van der Waals surface area contributed by atoms with Crippen molar-refractivity contribution < 1.29 is 9.84 Å². The van der Waals surface area contributed by atoms with Gasteiger partial charge in [-0.2, -0.15) is 0 Å². The number of β-amino-alcohol motifs (C(OH)–C–C–N with tert-alkyl or cyclic N) is 1. The number of hydrogen-bond acceptors (Lipinski definition) is 3. The summed E-state index contributed by atoms with van der Waals surface area (Å²) < 4.78 is 5.49. The lowest BCUT2D eigenvalue weighted by molar-refractivity contribution is 0.0155. The van der Waals surface area contributed by atoms with E-state index >= 15 is 0 Å². The van der Waals surface area contributed by atoms with E-state index in [1.807, 2.05) is 18.2 Å². The predicted molar refractivity (Wildman–Crippen MR) is 87.2 cm³/mol. The van der Waals surface area contributed by atoms with E-state index in [1.54, 1.807) is 7.11 Å². The topological polar surface area (TPSA) is 32.7 Å². The first kappa shape index (κ1) is 14.5. The Labute approximate surface area is 133 Å². The second kappa shape index (κ2) is 5.86. The maximum Gasteiger partial charge on any atom is 0.122 e. The van der Waals surface area contributed by atoms with Crippen LogP contribution in [0, 0.1) is 11.8 Å². The molecule has 2 bridgehead atoms. The van der Waals surface area contributed by atoms with Gasteiger partial charge in [-0.15, -0.1) is 0 Å². The van der Waals surface area contributed by atoms with Crippen LogP contribution in [0.2, 0.25) is 0 Å². The number of likely N-dealkylation sites (tertiary alicyclic amines) is 1. The molecule has 1 saturated heterocycles. The summed E-state index contributed by atoms with van der Waals surface area (Å²) in [5.74, 6) is 3.00. The Morgan fingerprint density at radius 3 is 2.68 bits per heavy atom. The van der Waals surface area contributed by atoms with Crippen molar-refractivity contribution >= 4 is 0 Å². The molecule has 0 unspecified atom stereocenters. The number of ether oxygens (including phenoxy) is 1. The second-order valence-corrected chi connectivity index (χ2v) is 7.44. The first-order chi connectivity index (χ1) is 10.8. The molecule has 120 valence electrons. The highest BCUT2D eigenvalue weighted by Gasteiger charge is 2.44. The maximum absolute atomic E-state index is 10.7. The number of benzene rings is 1. The monoisotopic (exact) mass is 301 g/mol. The molecule has 5 atom stereocenters. The number of rotatable bonds is 3. The molecule has 1 N–H and O–H groups in total. The number of para-hydroxylation sites is 1. The Bertz CT molecular complexity index is 532. The van der Waals surface area contributed by atoms with Crippen LogP contribution in [-0.4, -0.2) is 42.4 Å². The number of aliphatic hydroxyl groups is 1. The minimum atomic E-state index is -0.274. The highest BCUT2D eigenvalue weighted by molar-refractivity contribution is 5.37. The molecule has 4 rings (SSSR count). The molecule has 22 heavy (non-hydrogen) atoms. The van der Waals surface area contributed by atoms with Crippen molar-refractivity contribution in [1.82, 2.24) is 4.90 Å². The summed E-state index contributed by atoms with van der Waals surface area (Å²) in [4.78, 5) is 2.58. The smallest absolute Gasteiger partial charge is 0.122 e. The van der Waals surface area contributed by atoms with Gasteiger partial charge in [-0.25, -0.2) is 0 Å². The summed E-state index contributed by atoms with van der Waals surface area (Å²) in [5.41, 5.74) is 1.17. The maximum atomic E-state index is 10.7. The molecule has 3 nitrogen and oxygen atoms in total. The zero-order valence-corrected chi connectivity index (χ0v) is 13.4. The van der Waals surface area contributed by atoms with E-state index in [1.165, 1.54) is 31.2 Å². The van der Waals surface area contributed by atoms with Crippen molar-refractivity contribution in [3.63, 3.8) is 0 Å². The second-order valence-electron chi connectivity index (χ2n) is 7.44. The number of nitrogens with zero attached hydrogens (tertiary/aromatic N) is 1. The Morgan fingerprint density at radius 2 is 2.00 bits per heavy atom. The van der Waals surface area contributed by atoms with Gasteiger partial charge in [0, 0.05) is 18.5 Å². The Morgan fingerprint density at radius 1 is 1.14 bits per heavy atom. The Balaban J connectivity index is 1.46. The third kappa shape index (κ3) is 2.44. The molecule has 3 aliphatic rings. The summed E-state index contributed by atoms with van der Waals surface area (Å²) in [6.07, 6.45) is 6.43. The Hall–Kier alpha value is -1.06. The van der Waals surface area contributed by atoms with Gasteiger partial charge >= 0.3 is 0 Å². The molecule has 0 spiro atoms. The first-order valence-electron chi connectivity index (χ1n) is 8.81. The predicted octanol–water partition coefficient (Wildman–Crippen LogP) is 3.03. The molecule has 0 radical (unpaired) electrons. The molecule has 2 saturated carbocycles. The molecule has 3 heteroatoms. The molecule has 1 aromatic rings. The lowest BCUT2D eigenvalue weighted by atomic mass is 9.84. The van der Waals surface area contributed by atoms with E-state index in [4.69, 9.17) is 4.74 Å². The van der Waals surface area contributed by atoms with Gasteiger partial charge in [0.15, 0.2) is 0 Å². The minimum absolute atomic E-state index is 0.214. The number of methoxy groups -OCH3 is 1. The quantitative estimate of drug-likeness (QED) is 0.931. The summed E-state index contributed by atoms with van der Waals surface area (Å²) >= 11 is 0. The van der Waals surface area contributed by atoms with Crippen molar-refractivity contribution in [1.29, 1.82) is 0 Å². The molecule has 0 aromatic heterocycles. The van der Waals surface area contributed by atoms with E-state index in [0.29, 0.717) is 0 Å². The van der Waals surface area contributed by atoms with Crippen LogP contribution >= 0.6 is 0 Å². The van der Waals surface area contributed by atoms with Gasteiger partial charge in [0.1, 0.15) is 5.75 Å². The fourth-order valence-electron chi connectivity index (χ4n) is 5.25. The Kier molecular flexibility index (Phi) is 3.87. The molecule has 1 heterocycles. The third-order valence-corrected chi connectivity index (χ3v) is 6.32. The van der Waals surface area contributed by atoms with Gasteiger partial charge < -0.3 is 9.84 Å². The first-order valence-corrected chi connectivity index (χ1v) is 8.81. The van der Waals surface area contributed by atoms with E-state index in [9.17, 15) is 5.11 Å². The largest absolute Gasteiger partial charge is 0.496 e. The van der Waals surface area contributed by atoms with Gasteiger partial charge in [0.25, 0.3) is 0 Å². The van der Waals surface area contributed by atoms with Gasteiger partial charge in [-0.3, -0.25) is 4.90 Å². The summed E-state index contributed by atoms with van der Waals surface area (Å²) in [6, 6.07) is 8.91. The number of piperidine rings is 1. The van der Waals surface area contributed by atoms with Gasteiger partial charge in [-0.1, -0.05) is 24.6 Å². The summed E-state index contributed by atoms with van der Waals surface area (Å²) in [5, 5.41) is 10.7. The number of fused-ring (bicyclic) bond motifs is 2. The van der Waals surface area contributed by atoms with Crippen LogP contribution in [0.25, 0.3) is 0 Å². The van der Waals surface area contributed by atoms with Crippen LogP contribution in [0.1, 0.15) is 43.6 Å². The van der Waals surface area contributed by atoms with Crippen molar-refractivity contribution in [3.8, 4) is 5.75 Å². The van der Waals surface area contributed by atoms with E-state index in [0.717, 1.165) is 43.1 Å². The molecular formula is C19H27NO2. The van der Waals surface area contributed by atoms with E-state index < -0.39 is 0 Å². The number of hydrogen-bond donors (Lipinski definition) is 1.